The number of thiophene rings is 1. The van der Waals surface area contributed by atoms with E-state index in [1.165, 1.54) is 11.3 Å². The van der Waals surface area contributed by atoms with Gasteiger partial charge in [0.25, 0.3) is 11.8 Å². The highest BCUT2D eigenvalue weighted by Gasteiger charge is 2.19. The van der Waals surface area contributed by atoms with Gasteiger partial charge in [0.1, 0.15) is 10.6 Å². The Morgan fingerprint density at radius 3 is 2.92 bits per heavy atom. The van der Waals surface area contributed by atoms with E-state index in [1.54, 1.807) is 18.2 Å². The molecule has 1 aliphatic heterocycles. The molecule has 3 aromatic rings. The van der Waals surface area contributed by atoms with Gasteiger partial charge in [-0.3, -0.25) is 9.59 Å². The maximum absolute atomic E-state index is 12.5. The lowest BCUT2D eigenvalue weighted by Crippen LogP contribution is -2.25. The first-order valence-corrected chi connectivity index (χ1v) is 8.36. The first-order chi connectivity index (χ1) is 11.6. The van der Waals surface area contributed by atoms with Crippen LogP contribution in [0.2, 0.25) is 5.02 Å². The van der Waals surface area contributed by atoms with Gasteiger partial charge in [-0.05, 0) is 24.3 Å². The Kier molecular flexibility index (Phi) is 3.63. The topological polar surface area (TPSA) is 67.4 Å². The summed E-state index contributed by atoms with van der Waals surface area (Å²) in [6, 6.07) is 12.7. The minimum absolute atomic E-state index is 0.00387. The third-order valence-electron chi connectivity index (χ3n) is 3.61. The van der Waals surface area contributed by atoms with Crippen molar-refractivity contribution in [3.05, 3.63) is 52.4 Å². The van der Waals surface area contributed by atoms with Crippen LogP contribution in [0.15, 0.2) is 42.5 Å². The van der Waals surface area contributed by atoms with Crippen LogP contribution in [-0.4, -0.2) is 18.4 Å². The SMILES string of the molecule is O=C1COc2ccc(NC(=O)c3sc4ccccc4c3Cl)cc2N1. The number of hydrogen-bond acceptors (Lipinski definition) is 4. The predicted molar refractivity (Wildman–Crippen MR) is 95.4 cm³/mol. The highest BCUT2D eigenvalue weighted by molar-refractivity contribution is 7.21. The fraction of sp³-hybridized carbons (Fsp3) is 0.0588. The molecule has 2 amide bonds. The number of anilines is 2. The van der Waals surface area contributed by atoms with Crippen LogP contribution < -0.4 is 15.4 Å². The Morgan fingerprint density at radius 1 is 1.25 bits per heavy atom. The van der Waals surface area contributed by atoms with Gasteiger partial charge in [-0.1, -0.05) is 29.8 Å². The van der Waals surface area contributed by atoms with Crippen molar-refractivity contribution in [2.24, 2.45) is 0 Å². The van der Waals surface area contributed by atoms with E-state index in [2.05, 4.69) is 10.6 Å². The monoisotopic (exact) mass is 358 g/mol. The fourth-order valence-corrected chi connectivity index (χ4v) is 3.92. The lowest BCUT2D eigenvalue weighted by Gasteiger charge is -2.18. The van der Waals surface area contributed by atoms with Gasteiger partial charge in [-0.2, -0.15) is 0 Å². The lowest BCUT2D eigenvalue weighted by molar-refractivity contribution is -0.118. The number of rotatable bonds is 2. The van der Waals surface area contributed by atoms with Gasteiger partial charge in [0.2, 0.25) is 0 Å². The van der Waals surface area contributed by atoms with Crippen LogP contribution in [0.3, 0.4) is 0 Å². The van der Waals surface area contributed by atoms with E-state index in [0.717, 1.165) is 10.1 Å². The Labute approximate surface area is 146 Å². The van der Waals surface area contributed by atoms with Crippen LogP contribution in [0.1, 0.15) is 9.67 Å². The fourth-order valence-electron chi connectivity index (χ4n) is 2.51. The maximum Gasteiger partial charge on any atom is 0.267 e. The summed E-state index contributed by atoms with van der Waals surface area (Å²) in [5.41, 5.74) is 1.09. The van der Waals surface area contributed by atoms with Gasteiger partial charge in [0.15, 0.2) is 6.61 Å². The quantitative estimate of drug-likeness (QED) is 0.723. The van der Waals surface area contributed by atoms with Gasteiger partial charge in [0, 0.05) is 15.8 Å². The van der Waals surface area contributed by atoms with Crippen molar-refractivity contribution in [3.63, 3.8) is 0 Å². The molecular weight excluding hydrogens is 348 g/mol. The lowest BCUT2D eigenvalue weighted by atomic mass is 10.2. The van der Waals surface area contributed by atoms with Gasteiger partial charge < -0.3 is 15.4 Å². The number of hydrogen-bond donors (Lipinski definition) is 2. The van der Waals surface area contributed by atoms with Crippen molar-refractivity contribution in [3.8, 4) is 5.75 Å². The van der Waals surface area contributed by atoms with Gasteiger partial charge in [-0.15, -0.1) is 11.3 Å². The predicted octanol–water partition coefficient (Wildman–Crippen LogP) is 4.14. The summed E-state index contributed by atoms with van der Waals surface area (Å²) in [5.74, 6) is 0.0650. The van der Waals surface area contributed by atoms with Crippen LogP contribution in [0.4, 0.5) is 11.4 Å². The van der Waals surface area contributed by atoms with E-state index in [0.29, 0.717) is 27.0 Å². The van der Waals surface area contributed by atoms with Gasteiger partial charge in [-0.25, -0.2) is 0 Å². The summed E-state index contributed by atoms with van der Waals surface area (Å²) in [7, 11) is 0. The molecule has 0 bridgehead atoms. The minimum atomic E-state index is -0.288. The number of nitrogens with one attached hydrogen (secondary N) is 2. The Bertz CT molecular complexity index is 983. The standard InChI is InChI=1S/C17H11ClN2O3S/c18-15-10-3-1-2-4-13(10)24-16(15)17(22)19-9-5-6-12-11(7-9)20-14(21)8-23-12/h1-7H,8H2,(H,19,22)(H,20,21). The molecule has 1 aromatic heterocycles. The normalized spacial score (nSPS) is 13.1. The molecule has 0 saturated carbocycles. The Hall–Kier alpha value is -2.57. The summed E-state index contributed by atoms with van der Waals surface area (Å²) < 4.78 is 6.25. The number of carbonyl (C=O) groups is 2. The van der Waals surface area contributed by atoms with E-state index in [1.807, 2.05) is 24.3 Å². The molecule has 0 aliphatic carbocycles. The number of amides is 2. The molecule has 2 heterocycles. The maximum atomic E-state index is 12.5. The summed E-state index contributed by atoms with van der Waals surface area (Å²) in [6.07, 6.45) is 0. The third kappa shape index (κ3) is 2.60. The molecule has 0 saturated heterocycles. The van der Waals surface area contributed by atoms with Crippen LogP contribution in [0.5, 0.6) is 5.75 Å². The summed E-state index contributed by atoms with van der Waals surface area (Å²) in [5, 5.41) is 6.82. The van der Waals surface area contributed by atoms with Crippen LogP contribution >= 0.6 is 22.9 Å². The Balaban J connectivity index is 1.63. The van der Waals surface area contributed by atoms with Crippen molar-refractivity contribution in [1.82, 2.24) is 0 Å². The minimum Gasteiger partial charge on any atom is -0.482 e. The summed E-state index contributed by atoms with van der Waals surface area (Å²) >= 11 is 7.67. The molecule has 0 spiro atoms. The highest BCUT2D eigenvalue weighted by atomic mass is 35.5. The van der Waals surface area contributed by atoms with E-state index in [9.17, 15) is 9.59 Å². The molecule has 0 fully saturated rings. The second kappa shape index (κ2) is 5.81. The largest absolute Gasteiger partial charge is 0.482 e. The average Bonchev–Trinajstić information content (AvgIpc) is 2.92. The van der Waals surface area contributed by atoms with Crippen molar-refractivity contribution in [2.75, 3.05) is 17.2 Å². The van der Waals surface area contributed by atoms with E-state index >= 15 is 0 Å². The highest BCUT2D eigenvalue weighted by Crippen LogP contribution is 2.36. The number of carbonyl (C=O) groups excluding carboxylic acids is 2. The van der Waals surface area contributed by atoms with Crippen LogP contribution in [0.25, 0.3) is 10.1 Å². The van der Waals surface area contributed by atoms with Crippen molar-refractivity contribution >= 4 is 56.2 Å². The molecule has 2 N–H and O–H groups in total. The zero-order chi connectivity index (χ0) is 16.7. The average molecular weight is 359 g/mol. The second-order valence-corrected chi connectivity index (χ2v) is 6.67. The first-order valence-electron chi connectivity index (χ1n) is 7.17. The van der Waals surface area contributed by atoms with Crippen LogP contribution in [0, 0.1) is 0 Å². The number of fused-ring (bicyclic) bond motifs is 2. The smallest absolute Gasteiger partial charge is 0.267 e. The summed E-state index contributed by atoms with van der Waals surface area (Å²) in [6.45, 7) is -0.00387. The number of ether oxygens (including phenoxy) is 1. The molecule has 4 rings (SSSR count). The molecule has 0 unspecified atom stereocenters. The molecule has 7 heteroatoms. The second-order valence-electron chi connectivity index (χ2n) is 5.24. The molecule has 5 nitrogen and oxygen atoms in total. The molecule has 1 aliphatic rings. The number of benzene rings is 2. The molecule has 2 aromatic carbocycles. The van der Waals surface area contributed by atoms with E-state index in [4.69, 9.17) is 16.3 Å². The molecule has 0 atom stereocenters. The van der Waals surface area contributed by atoms with E-state index in [-0.39, 0.29) is 18.4 Å². The zero-order valence-corrected chi connectivity index (χ0v) is 13.8. The van der Waals surface area contributed by atoms with E-state index < -0.39 is 0 Å². The van der Waals surface area contributed by atoms with Crippen molar-refractivity contribution < 1.29 is 14.3 Å². The molecule has 0 radical (unpaired) electrons. The molecular formula is C17H11ClN2O3S. The Morgan fingerprint density at radius 2 is 2.08 bits per heavy atom. The number of halogens is 1. The van der Waals surface area contributed by atoms with Crippen molar-refractivity contribution in [2.45, 2.75) is 0 Å². The van der Waals surface area contributed by atoms with Crippen LogP contribution in [-0.2, 0) is 4.79 Å². The molecule has 24 heavy (non-hydrogen) atoms. The van der Waals surface area contributed by atoms with Crippen molar-refractivity contribution in [1.29, 1.82) is 0 Å². The molecule has 120 valence electrons. The van der Waals surface area contributed by atoms with Gasteiger partial charge in [0.05, 0.1) is 10.7 Å². The third-order valence-corrected chi connectivity index (χ3v) is 5.29. The zero-order valence-electron chi connectivity index (χ0n) is 12.3. The first kappa shape index (κ1) is 15.0. The summed E-state index contributed by atoms with van der Waals surface area (Å²) in [4.78, 5) is 24.4. The van der Waals surface area contributed by atoms with Gasteiger partial charge >= 0.3 is 0 Å².